The van der Waals surface area contributed by atoms with E-state index in [1.807, 2.05) is 30.3 Å². The molecule has 21 heavy (non-hydrogen) atoms. The Hall–Kier alpha value is -2.14. The third-order valence-electron chi connectivity index (χ3n) is 3.23. The van der Waals surface area contributed by atoms with Crippen molar-refractivity contribution in [3.63, 3.8) is 0 Å². The fourth-order valence-electron chi connectivity index (χ4n) is 2.22. The van der Waals surface area contributed by atoms with E-state index in [0.717, 1.165) is 11.3 Å². The first-order valence-electron chi connectivity index (χ1n) is 6.90. The molecule has 0 aliphatic carbocycles. The summed E-state index contributed by atoms with van der Waals surface area (Å²) in [4.78, 5) is 19.0. The van der Waals surface area contributed by atoms with Crippen LogP contribution in [0.1, 0.15) is 12.0 Å². The Morgan fingerprint density at radius 2 is 2.29 bits per heavy atom. The first-order valence-corrected chi connectivity index (χ1v) is 6.90. The predicted molar refractivity (Wildman–Crippen MR) is 81.1 cm³/mol. The molecule has 2 rings (SSSR count). The second kappa shape index (κ2) is 7.59. The largest absolute Gasteiger partial charge is 0.390 e. The van der Waals surface area contributed by atoms with Crippen LogP contribution in [0.2, 0.25) is 0 Å². The third-order valence-corrected chi connectivity index (χ3v) is 3.23. The van der Waals surface area contributed by atoms with Crippen LogP contribution in [0.15, 0.2) is 48.1 Å². The maximum Gasteiger partial charge on any atom is 0.248 e. The highest BCUT2D eigenvalue weighted by Crippen LogP contribution is 2.17. The lowest BCUT2D eigenvalue weighted by Crippen LogP contribution is -2.39. The summed E-state index contributed by atoms with van der Waals surface area (Å²) in [5, 5.41) is 4.13. The van der Waals surface area contributed by atoms with Gasteiger partial charge in [0.25, 0.3) is 0 Å². The number of hydrogen-bond donors (Lipinski definition) is 0. The predicted octanol–water partition coefficient (Wildman–Crippen LogP) is 1.84. The smallest absolute Gasteiger partial charge is 0.248 e. The average molecular weight is 288 g/mol. The molecule has 0 saturated carbocycles. The normalized spacial score (nSPS) is 17.0. The molecule has 0 N–H and O–H groups in total. The van der Waals surface area contributed by atoms with Crippen LogP contribution in [-0.2, 0) is 14.4 Å². The molecule has 0 spiro atoms. The topological polar surface area (TPSA) is 51.1 Å². The molecule has 0 aromatic heterocycles. The van der Waals surface area contributed by atoms with Gasteiger partial charge in [0, 0.05) is 20.1 Å². The number of nitrogens with zero attached hydrogens (tertiary/aromatic N) is 2. The molecular formula is C16H20N2O3. The number of ether oxygens (including phenoxy) is 1. The van der Waals surface area contributed by atoms with E-state index >= 15 is 0 Å². The number of hydrogen-bond acceptors (Lipinski definition) is 4. The van der Waals surface area contributed by atoms with Gasteiger partial charge in [0.15, 0.2) is 6.10 Å². The van der Waals surface area contributed by atoms with Crippen LogP contribution in [0.25, 0.3) is 0 Å². The number of oxime groups is 1. The van der Waals surface area contributed by atoms with Crippen molar-refractivity contribution >= 4 is 11.6 Å². The lowest BCUT2D eigenvalue weighted by molar-refractivity contribution is -0.136. The Kier molecular flexibility index (Phi) is 5.51. The lowest BCUT2D eigenvalue weighted by atomic mass is 10.0. The van der Waals surface area contributed by atoms with Gasteiger partial charge in [-0.3, -0.25) is 4.79 Å². The molecule has 112 valence electrons. The Morgan fingerprint density at radius 1 is 1.52 bits per heavy atom. The van der Waals surface area contributed by atoms with Crippen molar-refractivity contribution in [1.82, 2.24) is 4.90 Å². The van der Waals surface area contributed by atoms with Gasteiger partial charge in [-0.1, -0.05) is 41.6 Å². The van der Waals surface area contributed by atoms with Crippen LogP contribution in [-0.4, -0.2) is 49.4 Å². The Morgan fingerprint density at radius 3 is 2.95 bits per heavy atom. The number of benzene rings is 1. The van der Waals surface area contributed by atoms with Crippen molar-refractivity contribution in [3.05, 3.63) is 48.6 Å². The Balaban J connectivity index is 1.92. The van der Waals surface area contributed by atoms with Crippen molar-refractivity contribution < 1.29 is 14.4 Å². The highest BCUT2D eigenvalue weighted by molar-refractivity contribution is 6.01. The summed E-state index contributed by atoms with van der Waals surface area (Å²) >= 11 is 0. The third kappa shape index (κ3) is 4.16. The van der Waals surface area contributed by atoms with Crippen LogP contribution in [0.5, 0.6) is 0 Å². The van der Waals surface area contributed by atoms with Gasteiger partial charge >= 0.3 is 0 Å². The second-order valence-electron chi connectivity index (χ2n) is 4.86. The van der Waals surface area contributed by atoms with Gasteiger partial charge in [0.1, 0.15) is 6.61 Å². The summed E-state index contributed by atoms with van der Waals surface area (Å²) in [6, 6.07) is 9.91. The Bertz CT molecular complexity index is 514. The van der Waals surface area contributed by atoms with Crippen molar-refractivity contribution in [2.24, 2.45) is 5.16 Å². The zero-order valence-electron chi connectivity index (χ0n) is 12.2. The van der Waals surface area contributed by atoms with Crippen molar-refractivity contribution in [2.45, 2.75) is 12.5 Å². The fraction of sp³-hybridized carbons (Fsp3) is 0.375. The molecule has 0 saturated heterocycles. The number of methoxy groups -OCH3 is 1. The lowest BCUT2D eigenvalue weighted by Gasteiger charge is -2.23. The van der Waals surface area contributed by atoms with Crippen molar-refractivity contribution in [2.75, 3.05) is 26.8 Å². The van der Waals surface area contributed by atoms with Gasteiger partial charge in [-0.15, -0.1) is 6.58 Å². The van der Waals surface area contributed by atoms with Gasteiger partial charge in [-0.25, -0.2) is 0 Å². The maximum atomic E-state index is 11.9. The molecule has 0 bridgehead atoms. The average Bonchev–Trinajstić information content (AvgIpc) is 2.96. The molecule has 1 atom stereocenters. The minimum absolute atomic E-state index is 0.0625. The minimum Gasteiger partial charge on any atom is -0.390 e. The molecule has 1 unspecified atom stereocenters. The van der Waals surface area contributed by atoms with E-state index in [1.54, 1.807) is 11.0 Å². The maximum absolute atomic E-state index is 11.9. The van der Waals surface area contributed by atoms with Crippen LogP contribution < -0.4 is 0 Å². The van der Waals surface area contributed by atoms with Gasteiger partial charge in [-0.2, -0.15) is 0 Å². The van der Waals surface area contributed by atoms with Crippen molar-refractivity contribution in [3.8, 4) is 0 Å². The molecule has 1 aliphatic rings. The SMILES string of the molecule is C=CCN(CC1CC(c2ccccc2)=NO1)C(=O)COC. The molecule has 5 nitrogen and oxygen atoms in total. The van der Waals surface area contributed by atoms with E-state index in [2.05, 4.69) is 11.7 Å². The fourth-order valence-corrected chi connectivity index (χ4v) is 2.22. The Labute approximate surface area is 124 Å². The molecular weight excluding hydrogens is 268 g/mol. The van der Waals surface area contributed by atoms with Gasteiger partial charge in [-0.05, 0) is 5.56 Å². The summed E-state index contributed by atoms with van der Waals surface area (Å²) in [6.07, 6.45) is 2.26. The van der Waals surface area contributed by atoms with Crippen LogP contribution >= 0.6 is 0 Å². The van der Waals surface area contributed by atoms with E-state index < -0.39 is 0 Å². The van der Waals surface area contributed by atoms with Crippen LogP contribution in [0, 0.1) is 0 Å². The van der Waals surface area contributed by atoms with Gasteiger partial charge in [0.05, 0.1) is 12.3 Å². The van der Waals surface area contributed by atoms with E-state index in [1.165, 1.54) is 7.11 Å². The van der Waals surface area contributed by atoms with Gasteiger partial charge in [0.2, 0.25) is 5.91 Å². The summed E-state index contributed by atoms with van der Waals surface area (Å²) in [6.45, 7) is 4.69. The minimum atomic E-state index is -0.124. The molecule has 1 amide bonds. The second-order valence-corrected chi connectivity index (χ2v) is 4.86. The van der Waals surface area contributed by atoms with E-state index in [4.69, 9.17) is 9.57 Å². The van der Waals surface area contributed by atoms with E-state index in [0.29, 0.717) is 19.5 Å². The molecule has 1 heterocycles. The molecule has 1 aromatic carbocycles. The van der Waals surface area contributed by atoms with E-state index in [-0.39, 0.29) is 18.6 Å². The van der Waals surface area contributed by atoms with E-state index in [9.17, 15) is 4.79 Å². The zero-order chi connectivity index (χ0) is 15.1. The van der Waals surface area contributed by atoms with Crippen molar-refractivity contribution in [1.29, 1.82) is 0 Å². The highest BCUT2D eigenvalue weighted by Gasteiger charge is 2.26. The quantitative estimate of drug-likeness (QED) is 0.719. The molecule has 1 aliphatic heterocycles. The standard InChI is InChI=1S/C16H20N2O3/c1-3-9-18(16(19)12-20-2)11-14-10-15(17-21-14)13-7-5-4-6-8-13/h3-8,14H,1,9-12H2,2H3. The number of rotatable bonds is 7. The number of amides is 1. The summed E-state index contributed by atoms with van der Waals surface area (Å²) < 4.78 is 4.89. The van der Waals surface area contributed by atoms with Gasteiger partial charge < -0.3 is 14.5 Å². The zero-order valence-corrected chi connectivity index (χ0v) is 12.2. The van der Waals surface area contributed by atoms with Crippen LogP contribution in [0.3, 0.4) is 0 Å². The monoisotopic (exact) mass is 288 g/mol. The summed E-state index contributed by atoms with van der Waals surface area (Å²) in [5.74, 6) is -0.0749. The highest BCUT2D eigenvalue weighted by atomic mass is 16.6. The van der Waals surface area contributed by atoms with Crippen LogP contribution in [0.4, 0.5) is 0 Å². The first kappa shape index (κ1) is 15.3. The number of carbonyl (C=O) groups excluding carboxylic acids is 1. The molecule has 1 aromatic rings. The molecule has 0 fully saturated rings. The number of carbonyl (C=O) groups is 1. The molecule has 0 radical (unpaired) electrons. The first-order chi connectivity index (χ1) is 10.2. The summed E-state index contributed by atoms with van der Waals surface area (Å²) in [5.41, 5.74) is 1.97. The molecule has 5 heteroatoms. The summed E-state index contributed by atoms with van der Waals surface area (Å²) in [7, 11) is 1.51.